The number of nitrogens with zero attached hydrogens (tertiary/aromatic N) is 2. The number of unbranched alkanes of at least 4 members (excludes halogenated alkanes) is 1. The summed E-state index contributed by atoms with van der Waals surface area (Å²) in [5.74, 6) is 0. The lowest BCUT2D eigenvalue weighted by Crippen LogP contribution is -2.38. The molecule has 2 saturated heterocycles. The van der Waals surface area contributed by atoms with E-state index in [4.69, 9.17) is 5.26 Å². The molecule has 3 nitrogen and oxygen atoms in total. The third kappa shape index (κ3) is 2.08. The highest BCUT2D eigenvalue weighted by Crippen LogP contribution is 2.27. The summed E-state index contributed by atoms with van der Waals surface area (Å²) in [5.41, 5.74) is 0. The molecule has 0 amide bonds. The summed E-state index contributed by atoms with van der Waals surface area (Å²) in [4.78, 5) is 2.64. The predicted octanol–water partition coefficient (Wildman–Crippen LogP) is 1.12. The minimum absolute atomic E-state index is 0.712. The minimum Gasteiger partial charge on any atom is -0.315 e. The molecule has 2 aliphatic heterocycles. The fraction of sp³-hybridized carbons (Fsp3) is 0.909. The topological polar surface area (TPSA) is 39.1 Å². The average Bonchev–Trinajstić information content (AvgIpc) is 2.41. The van der Waals surface area contributed by atoms with E-state index < -0.39 is 0 Å². The van der Waals surface area contributed by atoms with Gasteiger partial charge in [-0.25, -0.2) is 0 Å². The molecule has 2 rings (SSSR count). The van der Waals surface area contributed by atoms with Crippen LogP contribution in [-0.4, -0.2) is 36.6 Å². The summed E-state index contributed by atoms with van der Waals surface area (Å²) in [6.45, 7) is 3.46. The van der Waals surface area contributed by atoms with Gasteiger partial charge in [-0.05, 0) is 38.8 Å². The highest BCUT2D eigenvalue weighted by Gasteiger charge is 2.33. The molecule has 0 aromatic heterocycles. The molecule has 78 valence electrons. The first-order chi connectivity index (χ1) is 6.92. The predicted molar refractivity (Wildman–Crippen MR) is 55.8 cm³/mol. The second kappa shape index (κ2) is 4.77. The van der Waals surface area contributed by atoms with E-state index in [1.54, 1.807) is 0 Å². The zero-order valence-corrected chi connectivity index (χ0v) is 8.71. The minimum atomic E-state index is 0.712. The van der Waals surface area contributed by atoms with Gasteiger partial charge in [0.05, 0.1) is 6.07 Å². The molecule has 2 aliphatic rings. The van der Waals surface area contributed by atoms with Gasteiger partial charge >= 0.3 is 0 Å². The maximum absolute atomic E-state index is 8.52. The highest BCUT2D eigenvalue weighted by molar-refractivity contribution is 4.91. The molecule has 2 fully saturated rings. The van der Waals surface area contributed by atoms with Crippen molar-refractivity contribution in [1.29, 1.82) is 5.26 Å². The normalized spacial score (nSPS) is 32.5. The zero-order chi connectivity index (χ0) is 9.80. The lowest BCUT2D eigenvalue weighted by Gasteiger charge is -2.26. The Morgan fingerprint density at radius 3 is 3.00 bits per heavy atom. The van der Waals surface area contributed by atoms with E-state index in [0.717, 1.165) is 31.6 Å². The van der Waals surface area contributed by atoms with Crippen LogP contribution in [0.4, 0.5) is 0 Å². The Bertz CT molecular complexity index is 207. The Balaban J connectivity index is 1.86. The smallest absolute Gasteiger partial charge is 0.0622 e. The largest absolute Gasteiger partial charge is 0.315 e. The molecule has 2 heterocycles. The lowest BCUT2D eigenvalue weighted by atomic mass is 10.1. The summed E-state index contributed by atoms with van der Waals surface area (Å²) < 4.78 is 0. The Labute approximate surface area is 86.1 Å². The van der Waals surface area contributed by atoms with Crippen molar-refractivity contribution in [2.45, 2.75) is 44.2 Å². The number of hydrogen-bond donors (Lipinski definition) is 1. The van der Waals surface area contributed by atoms with Crippen LogP contribution in [0, 0.1) is 11.3 Å². The molecule has 0 saturated carbocycles. The van der Waals surface area contributed by atoms with Crippen molar-refractivity contribution in [2.75, 3.05) is 19.6 Å². The van der Waals surface area contributed by atoms with Crippen LogP contribution in [0.2, 0.25) is 0 Å². The van der Waals surface area contributed by atoms with Gasteiger partial charge < -0.3 is 5.32 Å². The first-order valence-electron chi connectivity index (χ1n) is 5.75. The van der Waals surface area contributed by atoms with Crippen LogP contribution in [-0.2, 0) is 0 Å². The van der Waals surface area contributed by atoms with Crippen molar-refractivity contribution in [1.82, 2.24) is 10.2 Å². The Kier molecular flexibility index (Phi) is 3.39. The number of hydrogen-bond acceptors (Lipinski definition) is 3. The van der Waals surface area contributed by atoms with Crippen LogP contribution < -0.4 is 5.32 Å². The number of nitriles is 1. The maximum atomic E-state index is 8.52. The molecule has 3 heteroatoms. The molecular formula is C11H19N3. The van der Waals surface area contributed by atoms with Gasteiger partial charge in [-0.2, -0.15) is 5.26 Å². The monoisotopic (exact) mass is 193 g/mol. The Morgan fingerprint density at radius 2 is 2.14 bits per heavy atom. The molecule has 2 unspecified atom stereocenters. The average molecular weight is 193 g/mol. The standard InChI is InChI=1S/C11H19N3/c12-6-1-2-8-14-10-3-4-11(14)9-13-7-5-10/h10-11,13H,1-5,7-9H2. The van der Waals surface area contributed by atoms with E-state index in [1.807, 2.05) is 0 Å². The van der Waals surface area contributed by atoms with E-state index in [0.29, 0.717) is 6.42 Å². The molecule has 0 aromatic carbocycles. The van der Waals surface area contributed by atoms with Crippen molar-refractivity contribution < 1.29 is 0 Å². The van der Waals surface area contributed by atoms with Crippen LogP contribution >= 0.6 is 0 Å². The molecule has 0 aliphatic carbocycles. The first kappa shape index (κ1) is 9.95. The van der Waals surface area contributed by atoms with E-state index in [9.17, 15) is 0 Å². The molecule has 0 spiro atoms. The van der Waals surface area contributed by atoms with Crippen LogP contribution in [0.15, 0.2) is 0 Å². The maximum Gasteiger partial charge on any atom is 0.0622 e. The van der Waals surface area contributed by atoms with Crippen molar-refractivity contribution in [2.24, 2.45) is 0 Å². The Hall–Kier alpha value is -0.590. The third-order valence-electron chi connectivity index (χ3n) is 3.51. The molecule has 0 aromatic rings. The highest BCUT2D eigenvalue weighted by atomic mass is 15.2. The van der Waals surface area contributed by atoms with E-state index in [2.05, 4.69) is 16.3 Å². The summed E-state index contributed by atoms with van der Waals surface area (Å²) in [5, 5.41) is 12.0. The van der Waals surface area contributed by atoms with Gasteiger partial charge in [0.1, 0.15) is 0 Å². The third-order valence-corrected chi connectivity index (χ3v) is 3.51. The van der Waals surface area contributed by atoms with Gasteiger partial charge in [0.25, 0.3) is 0 Å². The second-order valence-corrected chi connectivity index (χ2v) is 4.38. The molecule has 14 heavy (non-hydrogen) atoms. The van der Waals surface area contributed by atoms with Crippen molar-refractivity contribution >= 4 is 0 Å². The van der Waals surface area contributed by atoms with Gasteiger partial charge in [-0.1, -0.05) is 0 Å². The van der Waals surface area contributed by atoms with E-state index in [1.165, 1.54) is 25.8 Å². The molecule has 1 N–H and O–H groups in total. The first-order valence-corrected chi connectivity index (χ1v) is 5.75. The molecular weight excluding hydrogens is 174 g/mol. The quantitative estimate of drug-likeness (QED) is 0.683. The van der Waals surface area contributed by atoms with Crippen LogP contribution in [0.1, 0.15) is 32.1 Å². The Morgan fingerprint density at radius 1 is 1.29 bits per heavy atom. The van der Waals surface area contributed by atoms with Crippen molar-refractivity contribution in [3.63, 3.8) is 0 Å². The molecule has 2 atom stereocenters. The summed E-state index contributed by atoms with van der Waals surface area (Å²) in [6.07, 6.45) is 5.78. The molecule has 2 bridgehead atoms. The van der Waals surface area contributed by atoms with Gasteiger partial charge in [0.2, 0.25) is 0 Å². The van der Waals surface area contributed by atoms with Crippen LogP contribution in [0.5, 0.6) is 0 Å². The van der Waals surface area contributed by atoms with E-state index >= 15 is 0 Å². The van der Waals surface area contributed by atoms with E-state index in [-0.39, 0.29) is 0 Å². The van der Waals surface area contributed by atoms with Gasteiger partial charge in [-0.3, -0.25) is 4.90 Å². The second-order valence-electron chi connectivity index (χ2n) is 4.38. The van der Waals surface area contributed by atoms with Gasteiger partial charge in [-0.15, -0.1) is 0 Å². The number of fused-ring (bicyclic) bond motifs is 2. The zero-order valence-electron chi connectivity index (χ0n) is 8.71. The lowest BCUT2D eigenvalue weighted by molar-refractivity contribution is 0.201. The van der Waals surface area contributed by atoms with Gasteiger partial charge in [0.15, 0.2) is 0 Å². The van der Waals surface area contributed by atoms with Crippen molar-refractivity contribution in [3.8, 4) is 6.07 Å². The number of rotatable bonds is 3. The fourth-order valence-corrected chi connectivity index (χ4v) is 2.79. The van der Waals surface area contributed by atoms with Crippen LogP contribution in [0.25, 0.3) is 0 Å². The fourth-order valence-electron chi connectivity index (χ4n) is 2.79. The summed E-state index contributed by atoms with van der Waals surface area (Å²) >= 11 is 0. The SMILES string of the molecule is N#CCCCN1C2CCNCC1CC2. The summed E-state index contributed by atoms with van der Waals surface area (Å²) in [7, 11) is 0. The number of nitrogens with one attached hydrogen (secondary N) is 1. The van der Waals surface area contributed by atoms with Crippen molar-refractivity contribution in [3.05, 3.63) is 0 Å². The van der Waals surface area contributed by atoms with Gasteiger partial charge in [0, 0.05) is 25.0 Å². The van der Waals surface area contributed by atoms with Crippen LogP contribution in [0.3, 0.4) is 0 Å². The molecule has 0 radical (unpaired) electrons. The summed E-state index contributed by atoms with van der Waals surface area (Å²) in [6, 6.07) is 3.78.